The molecule has 0 saturated carbocycles. The first-order chi connectivity index (χ1) is 12.7. The molecule has 0 spiro atoms. The van der Waals surface area contributed by atoms with Crippen LogP contribution in [0.2, 0.25) is 5.02 Å². The Hall–Kier alpha value is -2.54. The molecule has 3 rings (SSSR count). The van der Waals surface area contributed by atoms with Gasteiger partial charge in [-0.3, -0.25) is 4.79 Å². The summed E-state index contributed by atoms with van der Waals surface area (Å²) in [6.45, 7) is 6.32. The number of aromatic nitrogens is 2. The maximum Gasteiger partial charge on any atom is 0.410 e. The van der Waals surface area contributed by atoms with Gasteiger partial charge in [0.1, 0.15) is 5.60 Å². The molecule has 0 bridgehead atoms. The van der Waals surface area contributed by atoms with Crippen LogP contribution in [0.1, 0.15) is 27.2 Å². The number of nitrogens with zero attached hydrogens (tertiary/aromatic N) is 3. The van der Waals surface area contributed by atoms with Crippen LogP contribution in [0.25, 0.3) is 5.69 Å². The molecule has 8 heteroatoms. The van der Waals surface area contributed by atoms with E-state index in [0.29, 0.717) is 30.2 Å². The average molecular weight is 391 g/mol. The summed E-state index contributed by atoms with van der Waals surface area (Å²) >= 11 is 6.32. The average Bonchev–Trinajstić information content (AvgIpc) is 3.25. The van der Waals surface area contributed by atoms with Gasteiger partial charge in [-0.15, -0.1) is 0 Å². The highest BCUT2D eigenvalue weighted by Gasteiger charge is 2.33. The third-order valence-corrected chi connectivity index (χ3v) is 4.51. The van der Waals surface area contributed by atoms with Gasteiger partial charge in [-0.2, -0.15) is 0 Å². The maximum absolute atomic E-state index is 12.5. The fourth-order valence-corrected chi connectivity index (χ4v) is 3.18. The molecular formula is C19H23ClN4O3. The molecule has 1 aromatic heterocycles. The van der Waals surface area contributed by atoms with Crippen LogP contribution < -0.4 is 5.32 Å². The van der Waals surface area contributed by atoms with E-state index in [1.54, 1.807) is 40.3 Å². The van der Waals surface area contributed by atoms with E-state index in [1.807, 2.05) is 26.8 Å². The van der Waals surface area contributed by atoms with Gasteiger partial charge in [-0.25, -0.2) is 9.78 Å². The number of anilines is 1. The molecule has 1 saturated heterocycles. The number of halogens is 1. The summed E-state index contributed by atoms with van der Waals surface area (Å²) in [5.74, 6) is -0.405. The zero-order valence-corrected chi connectivity index (χ0v) is 16.4. The lowest BCUT2D eigenvalue weighted by Crippen LogP contribution is -2.36. The molecule has 2 amide bonds. The number of amides is 2. The second-order valence-electron chi connectivity index (χ2n) is 7.54. The predicted octanol–water partition coefficient (Wildman–Crippen LogP) is 3.72. The molecule has 1 atom stereocenters. The number of nitrogens with one attached hydrogen (secondary N) is 1. The first kappa shape index (κ1) is 19.2. The molecule has 144 valence electrons. The Morgan fingerprint density at radius 1 is 1.33 bits per heavy atom. The van der Waals surface area contributed by atoms with Gasteiger partial charge in [0.05, 0.1) is 23.0 Å². The highest BCUT2D eigenvalue weighted by Crippen LogP contribution is 2.26. The minimum absolute atomic E-state index is 0.132. The minimum atomic E-state index is -0.550. The lowest BCUT2D eigenvalue weighted by molar-refractivity contribution is -0.119. The second-order valence-corrected chi connectivity index (χ2v) is 7.94. The summed E-state index contributed by atoms with van der Waals surface area (Å²) < 4.78 is 7.16. The Labute approximate surface area is 163 Å². The van der Waals surface area contributed by atoms with Gasteiger partial charge in [0, 0.05) is 31.2 Å². The van der Waals surface area contributed by atoms with E-state index in [1.165, 1.54) is 0 Å². The van der Waals surface area contributed by atoms with Crippen LogP contribution in [0.4, 0.5) is 10.5 Å². The largest absolute Gasteiger partial charge is 0.444 e. The van der Waals surface area contributed by atoms with E-state index in [2.05, 4.69) is 10.3 Å². The summed E-state index contributed by atoms with van der Waals surface area (Å²) in [5, 5.41) is 3.38. The number of hydrogen-bond acceptors (Lipinski definition) is 4. The van der Waals surface area contributed by atoms with Crippen molar-refractivity contribution < 1.29 is 14.3 Å². The molecule has 27 heavy (non-hydrogen) atoms. The molecule has 0 radical (unpaired) electrons. The molecular weight excluding hydrogens is 368 g/mol. The zero-order chi connectivity index (χ0) is 19.6. The van der Waals surface area contributed by atoms with Crippen molar-refractivity contribution in [2.75, 3.05) is 18.4 Å². The van der Waals surface area contributed by atoms with E-state index in [0.717, 1.165) is 5.69 Å². The van der Waals surface area contributed by atoms with Crippen molar-refractivity contribution in [3.05, 3.63) is 41.9 Å². The highest BCUT2D eigenvalue weighted by molar-refractivity contribution is 6.32. The third-order valence-electron chi connectivity index (χ3n) is 4.21. The van der Waals surface area contributed by atoms with Gasteiger partial charge < -0.3 is 19.5 Å². The Morgan fingerprint density at radius 3 is 2.74 bits per heavy atom. The predicted molar refractivity (Wildman–Crippen MR) is 103 cm³/mol. The molecule has 1 aliphatic heterocycles. The Morgan fingerprint density at radius 2 is 2.11 bits per heavy atom. The number of carbonyl (C=O) groups excluding carboxylic acids is 2. The Bertz CT molecular complexity index is 830. The first-order valence-corrected chi connectivity index (χ1v) is 9.17. The van der Waals surface area contributed by atoms with Crippen molar-refractivity contribution in [1.29, 1.82) is 0 Å². The number of carbonyl (C=O) groups is 2. The summed E-state index contributed by atoms with van der Waals surface area (Å²) in [7, 11) is 0. The van der Waals surface area contributed by atoms with Crippen LogP contribution in [0, 0.1) is 5.92 Å². The van der Waals surface area contributed by atoms with E-state index in [4.69, 9.17) is 16.3 Å². The van der Waals surface area contributed by atoms with Crippen LogP contribution in [-0.4, -0.2) is 45.1 Å². The summed E-state index contributed by atoms with van der Waals surface area (Å²) in [6, 6.07) is 5.32. The fourth-order valence-electron chi connectivity index (χ4n) is 2.91. The number of rotatable bonds is 3. The zero-order valence-electron chi connectivity index (χ0n) is 15.6. The monoisotopic (exact) mass is 390 g/mol. The summed E-state index contributed by atoms with van der Waals surface area (Å²) in [6.07, 6.45) is 5.34. The molecule has 1 aliphatic rings. The molecule has 0 aliphatic carbocycles. The lowest BCUT2D eigenvalue weighted by Gasteiger charge is -2.24. The summed E-state index contributed by atoms with van der Waals surface area (Å²) in [5.41, 5.74) is 0.847. The lowest BCUT2D eigenvalue weighted by atomic mass is 10.1. The molecule has 1 aromatic carbocycles. The molecule has 1 unspecified atom stereocenters. The number of ether oxygens (including phenoxy) is 1. The number of hydrogen-bond donors (Lipinski definition) is 1. The van der Waals surface area contributed by atoms with Crippen molar-refractivity contribution in [2.24, 2.45) is 5.92 Å². The Balaban J connectivity index is 1.60. The molecule has 1 fully saturated rings. The van der Waals surface area contributed by atoms with Gasteiger partial charge >= 0.3 is 6.09 Å². The van der Waals surface area contributed by atoms with Gasteiger partial charge in [-0.1, -0.05) is 11.6 Å². The van der Waals surface area contributed by atoms with Crippen molar-refractivity contribution >= 4 is 29.3 Å². The van der Waals surface area contributed by atoms with Gasteiger partial charge in [-0.05, 0) is 45.4 Å². The topological polar surface area (TPSA) is 76.5 Å². The standard InChI is InChI=1S/C19H23ClN4O3/c1-19(2,3)27-18(26)23-8-6-13(11-23)17(25)22-14-4-5-16(15(20)10-14)24-9-7-21-12-24/h4-5,7,9-10,12-13H,6,8,11H2,1-3H3,(H,22,25). The van der Waals surface area contributed by atoms with E-state index >= 15 is 0 Å². The van der Waals surface area contributed by atoms with Crippen LogP contribution in [0.15, 0.2) is 36.9 Å². The van der Waals surface area contributed by atoms with Gasteiger partial charge in [0.15, 0.2) is 0 Å². The van der Waals surface area contributed by atoms with Crippen LogP contribution in [0.3, 0.4) is 0 Å². The smallest absolute Gasteiger partial charge is 0.410 e. The Kier molecular flexibility index (Phi) is 5.41. The molecule has 2 aromatic rings. The van der Waals surface area contributed by atoms with Gasteiger partial charge in [0.2, 0.25) is 5.91 Å². The summed E-state index contributed by atoms with van der Waals surface area (Å²) in [4.78, 5) is 30.2. The maximum atomic E-state index is 12.5. The van der Waals surface area contributed by atoms with Crippen molar-refractivity contribution in [1.82, 2.24) is 14.5 Å². The quantitative estimate of drug-likeness (QED) is 0.866. The number of likely N-dealkylation sites (tertiary alicyclic amines) is 1. The van der Waals surface area contributed by atoms with Gasteiger partial charge in [0.25, 0.3) is 0 Å². The van der Waals surface area contributed by atoms with Crippen LogP contribution in [-0.2, 0) is 9.53 Å². The fraction of sp³-hybridized carbons (Fsp3) is 0.421. The van der Waals surface area contributed by atoms with E-state index in [-0.39, 0.29) is 17.9 Å². The normalized spacial score (nSPS) is 17.0. The van der Waals surface area contributed by atoms with E-state index in [9.17, 15) is 9.59 Å². The van der Waals surface area contributed by atoms with Crippen molar-refractivity contribution in [3.8, 4) is 5.69 Å². The SMILES string of the molecule is CC(C)(C)OC(=O)N1CCC(C(=O)Nc2ccc(-n3ccnc3)c(Cl)c2)C1. The number of benzene rings is 1. The van der Waals surface area contributed by atoms with Crippen LogP contribution in [0.5, 0.6) is 0 Å². The minimum Gasteiger partial charge on any atom is -0.444 e. The van der Waals surface area contributed by atoms with Crippen molar-refractivity contribution in [3.63, 3.8) is 0 Å². The highest BCUT2D eigenvalue weighted by atomic mass is 35.5. The van der Waals surface area contributed by atoms with Crippen molar-refractivity contribution in [2.45, 2.75) is 32.8 Å². The molecule has 7 nitrogen and oxygen atoms in total. The van der Waals surface area contributed by atoms with Crippen LogP contribution >= 0.6 is 11.6 Å². The third kappa shape index (κ3) is 4.80. The molecule has 2 heterocycles. The first-order valence-electron chi connectivity index (χ1n) is 8.79. The molecule has 1 N–H and O–H groups in total. The second kappa shape index (κ2) is 7.60. The number of imidazole rings is 1. The van der Waals surface area contributed by atoms with E-state index < -0.39 is 5.60 Å².